The Balaban J connectivity index is 1.70. The molecule has 0 aliphatic rings. The molecule has 7 heteroatoms. The SMILES string of the molecule is O=C(Nc1cn[nH]c1-c1n[nH]c2ccccc12)c1cccnc1. The van der Waals surface area contributed by atoms with Crippen molar-refractivity contribution >= 4 is 22.5 Å². The van der Waals surface area contributed by atoms with Gasteiger partial charge >= 0.3 is 0 Å². The number of carbonyl (C=O) groups excluding carboxylic acids is 1. The van der Waals surface area contributed by atoms with Gasteiger partial charge in [0.15, 0.2) is 0 Å². The molecule has 0 fully saturated rings. The van der Waals surface area contributed by atoms with E-state index in [-0.39, 0.29) is 5.91 Å². The fourth-order valence-electron chi connectivity index (χ4n) is 2.41. The number of anilines is 1. The maximum atomic E-state index is 12.3. The van der Waals surface area contributed by atoms with E-state index in [1.54, 1.807) is 24.5 Å². The molecule has 1 amide bonds. The monoisotopic (exact) mass is 304 g/mol. The van der Waals surface area contributed by atoms with Crippen LogP contribution in [0.5, 0.6) is 0 Å². The minimum absolute atomic E-state index is 0.249. The van der Waals surface area contributed by atoms with Crippen molar-refractivity contribution in [2.75, 3.05) is 5.32 Å². The van der Waals surface area contributed by atoms with Crippen LogP contribution in [0.2, 0.25) is 0 Å². The zero-order chi connectivity index (χ0) is 15.6. The fraction of sp³-hybridized carbons (Fsp3) is 0. The van der Waals surface area contributed by atoms with Gasteiger partial charge in [0, 0.05) is 17.8 Å². The summed E-state index contributed by atoms with van der Waals surface area (Å²) in [4.78, 5) is 16.2. The second-order valence-corrected chi connectivity index (χ2v) is 4.97. The number of benzene rings is 1. The first-order valence-corrected chi connectivity index (χ1v) is 7.01. The lowest BCUT2D eigenvalue weighted by molar-refractivity contribution is 0.102. The van der Waals surface area contributed by atoms with Gasteiger partial charge in [-0.3, -0.25) is 20.0 Å². The molecular formula is C16H12N6O. The van der Waals surface area contributed by atoms with E-state index in [9.17, 15) is 4.79 Å². The molecule has 0 atom stereocenters. The van der Waals surface area contributed by atoms with Gasteiger partial charge in [0.25, 0.3) is 5.91 Å². The number of carbonyl (C=O) groups is 1. The summed E-state index contributed by atoms with van der Waals surface area (Å²) in [6.45, 7) is 0. The lowest BCUT2D eigenvalue weighted by atomic mass is 10.1. The highest BCUT2D eigenvalue weighted by molar-refractivity contribution is 6.06. The summed E-state index contributed by atoms with van der Waals surface area (Å²) in [7, 11) is 0. The summed E-state index contributed by atoms with van der Waals surface area (Å²) in [5.74, 6) is -0.249. The van der Waals surface area contributed by atoms with Crippen molar-refractivity contribution < 1.29 is 4.79 Å². The van der Waals surface area contributed by atoms with E-state index >= 15 is 0 Å². The Bertz CT molecular complexity index is 972. The molecule has 0 radical (unpaired) electrons. The van der Waals surface area contributed by atoms with Gasteiger partial charge in [-0.2, -0.15) is 10.2 Å². The number of aromatic amines is 2. The fourth-order valence-corrected chi connectivity index (χ4v) is 2.41. The zero-order valence-corrected chi connectivity index (χ0v) is 11.9. The molecule has 0 saturated carbocycles. The smallest absolute Gasteiger partial charge is 0.257 e. The van der Waals surface area contributed by atoms with Crippen LogP contribution in [0.4, 0.5) is 5.69 Å². The summed E-state index contributed by atoms with van der Waals surface area (Å²) in [5, 5.41) is 18.0. The van der Waals surface area contributed by atoms with Crippen molar-refractivity contribution in [1.29, 1.82) is 0 Å². The van der Waals surface area contributed by atoms with Crippen molar-refractivity contribution in [3.05, 3.63) is 60.6 Å². The van der Waals surface area contributed by atoms with E-state index in [0.717, 1.165) is 10.9 Å². The molecule has 0 spiro atoms. The van der Waals surface area contributed by atoms with Crippen LogP contribution in [0.3, 0.4) is 0 Å². The molecule has 0 aliphatic carbocycles. The first kappa shape index (κ1) is 13.2. The minimum atomic E-state index is -0.249. The molecule has 0 saturated heterocycles. The van der Waals surface area contributed by atoms with Gasteiger partial charge < -0.3 is 5.32 Å². The molecule has 4 rings (SSSR count). The number of pyridine rings is 1. The number of nitrogens with zero attached hydrogens (tertiary/aromatic N) is 3. The highest BCUT2D eigenvalue weighted by Gasteiger charge is 2.16. The third-order valence-corrected chi connectivity index (χ3v) is 3.52. The van der Waals surface area contributed by atoms with Crippen molar-refractivity contribution in [3.8, 4) is 11.4 Å². The van der Waals surface area contributed by atoms with E-state index in [1.165, 1.54) is 6.20 Å². The Morgan fingerprint density at radius 1 is 1.04 bits per heavy atom. The topological polar surface area (TPSA) is 99.4 Å². The Morgan fingerprint density at radius 3 is 2.83 bits per heavy atom. The lowest BCUT2D eigenvalue weighted by Crippen LogP contribution is -2.12. The predicted molar refractivity (Wildman–Crippen MR) is 85.9 cm³/mol. The molecule has 0 unspecified atom stereocenters. The van der Waals surface area contributed by atoms with E-state index in [4.69, 9.17) is 0 Å². The van der Waals surface area contributed by atoms with Crippen LogP contribution in [-0.2, 0) is 0 Å². The maximum Gasteiger partial charge on any atom is 0.257 e. The molecule has 0 aliphatic heterocycles. The first-order valence-electron chi connectivity index (χ1n) is 7.01. The number of hydrogen-bond acceptors (Lipinski definition) is 4. The van der Waals surface area contributed by atoms with Gasteiger partial charge in [-0.25, -0.2) is 0 Å². The van der Waals surface area contributed by atoms with Gasteiger partial charge in [-0.15, -0.1) is 0 Å². The largest absolute Gasteiger partial charge is 0.319 e. The Morgan fingerprint density at radius 2 is 1.96 bits per heavy atom. The number of nitrogens with one attached hydrogen (secondary N) is 3. The van der Waals surface area contributed by atoms with E-state index in [2.05, 4.69) is 30.7 Å². The number of aromatic nitrogens is 5. The van der Waals surface area contributed by atoms with Crippen LogP contribution in [-0.4, -0.2) is 31.3 Å². The minimum Gasteiger partial charge on any atom is -0.319 e. The van der Waals surface area contributed by atoms with E-state index in [0.29, 0.717) is 22.6 Å². The zero-order valence-electron chi connectivity index (χ0n) is 11.9. The maximum absolute atomic E-state index is 12.3. The second-order valence-electron chi connectivity index (χ2n) is 4.97. The molecule has 112 valence electrons. The van der Waals surface area contributed by atoms with Crippen LogP contribution in [0, 0.1) is 0 Å². The van der Waals surface area contributed by atoms with Crippen molar-refractivity contribution in [2.45, 2.75) is 0 Å². The van der Waals surface area contributed by atoms with Gasteiger partial charge in [0.1, 0.15) is 11.4 Å². The van der Waals surface area contributed by atoms with Crippen LogP contribution in [0.25, 0.3) is 22.3 Å². The third kappa shape index (κ3) is 2.34. The summed E-state index contributed by atoms with van der Waals surface area (Å²) in [5.41, 5.74) is 3.32. The number of H-pyrrole nitrogens is 2. The predicted octanol–water partition coefficient (Wildman–Crippen LogP) is 2.60. The van der Waals surface area contributed by atoms with Gasteiger partial charge in [0.2, 0.25) is 0 Å². The first-order chi connectivity index (χ1) is 11.3. The summed E-state index contributed by atoms with van der Waals surface area (Å²) < 4.78 is 0. The van der Waals surface area contributed by atoms with Crippen molar-refractivity contribution in [1.82, 2.24) is 25.4 Å². The van der Waals surface area contributed by atoms with E-state index < -0.39 is 0 Å². The van der Waals surface area contributed by atoms with Gasteiger partial charge in [-0.05, 0) is 18.2 Å². The number of hydrogen-bond donors (Lipinski definition) is 3. The summed E-state index contributed by atoms with van der Waals surface area (Å²) in [6, 6.07) is 11.2. The van der Waals surface area contributed by atoms with Crippen LogP contribution in [0.1, 0.15) is 10.4 Å². The van der Waals surface area contributed by atoms with Gasteiger partial charge in [0.05, 0.1) is 23.0 Å². The Labute approximate surface area is 130 Å². The van der Waals surface area contributed by atoms with Crippen LogP contribution < -0.4 is 5.32 Å². The molecule has 3 aromatic heterocycles. The molecule has 4 aromatic rings. The molecular weight excluding hydrogens is 292 g/mol. The van der Waals surface area contributed by atoms with Crippen LogP contribution >= 0.6 is 0 Å². The third-order valence-electron chi connectivity index (χ3n) is 3.52. The average molecular weight is 304 g/mol. The Kier molecular flexibility index (Phi) is 3.09. The molecule has 23 heavy (non-hydrogen) atoms. The second kappa shape index (κ2) is 5.38. The number of amides is 1. The Hall–Kier alpha value is -3.48. The molecule has 0 bridgehead atoms. The number of rotatable bonds is 3. The number of para-hydroxylation sites is 1. The highest BCUT2D eigenvalue weighted by Crippen LogP contribution is 2.29. The normalized spacial score (nSPS) is 10.8. The average Bonchev–Trinajstić information content (AvgIpc) is 3.22. The molecule has 3 heterocycles. The standard InChI is InChI=1S/C16H12N6O/c23-16(10-4-3-7-17-8-10)19-13-9-18-21-15(13)14-11-5-1-2-6-12(11)20-22-14/h1-9H,(H,18,21)(H,19,23)(H,20,22). The highest BCUT2D eigenvalue weighted by atomic mass is 16.1. The summed E-state index contributed by atoms with van der Waals surface area (Å²) >= 11 is 0. The van der Waals surface area contributed by atoms with E-state index in [1.807, 2.05) is 24.3 Å². The molecule has 3 N–H and O–H groups in total. The van der Waals surface area contributed by atoms with Gasteiger partial charge in [-0.1, -0.05) is 18.2 Å². The van der Waals surface area contributed by atoms with Crippen LogP contribution in [0.15, 0.2) is 55.0 Å². The molecule has 7 nitrogen and oxygen atoms in total. The summed E-state index contributed by atoms with van der Waals surface area (Å²) in [6.07, 6.45) is 4.70. The quantitative estimate of drug-likeness (QED) is 0.541. The van der Waals surface area contributed by atoms with Crippen molar-refractivity contribution in [2.24, 2.45) is 0 Å². The van der Waals surface area contributed by atoms with Crippen molar-refractivity contribution in [3.63, 3.8) is 0 Å². The number of fused-ring (bicyclic) bond motifs is 1. The lowest BCUT2D eigenvalue weighted by Gasteiger charge is -2.04. The molecule has 1 aromatic carbocycles.